The molecule has 110 valence electrons. The first-order valence-corrected chi connectivity index (χ1v) is 7.25. The van der Waals surface area contributed by atoms with E-state index in [9.17, 15) is 13.6 Å². The van der Waals surface area contributed by atoms with Gasteiger partial charge in [-0.3, -0.25) is 10.1 Å². The number of benzene rings is 1. The number of nitrogens with one attached hydrogen (secondary N) is 1. The Morgan fingerprint density at radius 2 is 2.19 bits per heavy atom. The molecule has 21 heavy (non-hydrogen) atoms. The molecule has 1 aromatic heterocycles. The van der Waals surface area contributed by atoms with Crippen LogP contribution in [0.4, 0.5) is 13.9 Å². The second kappa shape index (κ2) is 5.23. The zero-order valence-corrected chi connectivity index (χ0v) is 12.1. The second-order valence-corrected chi connectivity index (χ2v) is 6.26. The second-order valence-electron chi connectivity index (χ2n) is 4.59. The van der Waals surface area contributed by atoms with Gasteiger partial charge in [0.2, 0.25) is 0 Å². The lowest BCUT2D eigenvalue weighted by molar-refractivity contribution is -0.124. The maximum absolute atomic E-state index is 13.6. The first kappa shape index (κ1) is 14.2. The summed E-state index contributed by atoms with van der Waals surface area (Å²) in [4.78, 5) is 16.1. The fourth-order valence-corrected chi connectivity index (χ4v) is 2.59. The fourth-order valence-electron chi connectivity index (χ4n) is 1.78. The molecule has 1 aliphatic rings. The molecule has 0 bridgehead atoms. The van der Waals surface area contributed by atoms with Crippen molar-refractivity contribution >= 4 is 34.0 Å². The van der Waals surface area contributed by atoms with Gasteiger partial charge in [-0.25, -0.2) is 13.8 Å². The Labute approximate surface area is 127 Å². The standard InChI is InChI=1S/C13H9ClF2N2O2S/c14-10-6-17-12(21-10)18-11(19)13(3-4-13)20-9-2-1-7(15)5-8(9)16/h1-2,5-6H,3-4H2,(H,17,18,19). The van der Waals surface area contributed by atoms with Crippen molar-refractivity contribution in [2.75, 3.05) is 5.32 Å². The highest BCUT2D eigenvalue weighted by Gasteiger charge is 2.53. The van der Waals surface area contributed by atoms with Crippen molar-refractivity contribution in [3.63, 3.8) is 0 Å². The van der Waals surface area contributed by atoms with Gasteiger partial charge in [-0.1, -0.05) is 22.9 Å². The van der Waals surface area contributed by atoms with E-state index in [1.54, 1.807) is 0 Å². The zero-order valence-electron chi connectivity index (χ0n) is 10.5. The molecule has 1 N–H and O–H groups in total. The van der Waals surface area contributed by atoms with Gasteiger partial charge in [-0.05, 0) is 12.1 Å². The maximum Gasteiger partial charge on any atom is 0.270 e. The van der Waals surface area contributed by atoms with Gasteiger partial charge in [0.15, 0.2) is 22.3 Å². The van der Waals surface area contributed by atoms with Crippen LogP contribution < -0.4 is 10.1 Å². The summed E-state index contributed by atoms with van der Waals surface area (Å²) in [6.45, 7) is 0. The first-order chi connectivity index (χ1) is 9.98. The molecule has 0 atom stereocenters. The maximum atomic E-state index is 13.6. The lowest BCUT2D eigenvalue weighted by Crippen LogP contribution is -2.35. The third-order valence-electron chi connectivity index (χ3n) is 3.02. The lowest BCUT2D eigenvalue weighted by Gasteiger charge is -2.17. The summed E-state index contributed by atoms with van der Waals surface area (Å²) in [5, 5.41) is 2.93. The molecular formula is C13H9ClF2N2O2S. The molecule has 0 radical (unpaired) electrons. The van der Waals surface area contributed by atoms with Gasteiger partial charge in [0, 0.05) is 18.9 Å². The predicted molar refractivity (Wildman–Crippen MR) is 74.7 cm³/mol. The van der Waals surface area contributed by atoms with Crippen molar-refractivity contribution in [2.24, 2.45) is 0 Å². The van der Waals surface area contributed by atoms with Crippen LogP contribution in [0.25, 0.3) is 0 Å². The number of carbonyl (C=O) groups excluding carboxylic acids is 1. The average Bonchev–Trinajstić information content (AvgIpc) is 3.10. The van der Waals surface area contributed by atoms with Crippen LogP contribution in [-0.2, 0) is 4.79 Å². The van der Waals surface area contributed by atoms with Crippen molar-refractivity contribution in [3.8, 4) is 5.75 Å². The molecule has 0 unspecified atom stereocenters. The van der Waals surface area contributed by atoms with Crippen molar-refractivity contribution in [2.45, 2.75) is 18.4 Å². The van der Waals surface area contributed by atoms with E-state index < -0.39 is 23.1 Å². The number of carbonyl (C=O) groups is 1. The number of anilines is 1. The number of halogens is 3. The summed E-state index contributed by atoms with van der Waals surface area (Å²) >= 11 is 6.84. The lowest BCUT2D eigenvalue weighted by atomic mass is 10.3. The number of amides is 1. The Morgan fingerprint density at radius 3 is 2.76 bits per heavy atom. The molecule has 1 aliphatic carbocycles. The summed E-state index contributed by atoms with van der Waals surface area (Å²) < 4.78 is 32.3. The van der Waals surface area contributed by atoms with E-state index >= 15 is 0 Å². The summed E-state index contributed by atoms with van der Waals surface area (Å²) in [7, 11) is 0. The molecule has 3 rings (SSSR count). The van der Waals surface area contributed by atoms with Gasteiger partial charge in [0.05, 0.1) is 6.20 Å². The highest BCUT2D eigenvalue weighted by molar-refractivity contribution is 7.19. The largest absolute Gasteiger partial charge is 0.474 e. The van der Waals surface area contributed by atoms with Crippen LogP contribution in [0.3, 0.4) is 0 Å². The van der Waals surface area contributed by atoms with Crippen molar-refractivity contribution in [1.29, 1.82) is 0 Å². The monoisotopic (exact) mass is 330 g/mol. The molecule has 2 aromatic rings. The van der Waals surface area contributed by atoms with E-state index in [-0.39, 0.29) is 5.75 Å². The molecule has 0 aliphatic heterocycles. The minimum absolute atomic E-state index is 0.152. The Balaban J connectivity index is 1.73. The molecule has 1 saturated carbocycles. The molecule has 1 aromatic carbocycles. The Kier molecular flexibility index (Phi) is 3.54. The fraction of sp³-hybridized carbons (Fsp3) is 0.231. The molecule has 1 heterocycles. The molecule has 0 saturated heterocycles. The van der Waals surface area contributed by atoms with Gasteiger partial charge in [0.25, 0.3) is 5.91 Å². The summed E-state index contributed by atoms with van der Waals surface area (Å²) in [6, 6.07) is 2.95. The van der Waals surface area contributed by atoms with Crippen LogP contribution >= 0.6 is 22.9 Å². The van der Waals surface area contributed by atoms with Crippen LogP contribution in [0, 0.1) is 11.6 Å². The average molecular weight is 331 g/mol. The quantitative estimate of drug-likeness (QED) is 0.931. The van der Waals surface area contributed by atoms with E-state index in [1.807, 2.05) is 0 Å². The molecule has 1 amide bonds. The van der Waals surface area contributed by atoms with E-state index in [4.69, 9.17) is 16.3 Å². The summed E-state index contributed by atoms with van der Waals surface area (Å²) in [6.07, 6.45) is 2.32. The van der Waals surface area contributed by atoms with Crippen molar-refractivity contribution in [3.05, 3.63) is 40.4 Å². The van der Waals surface area contributed by atoms with Crippen LogP contribution in [-0.4, -0.2) is 16.5 Å². The van der Waals surface area contributed by atoms with Gasteiger partial charge in [-0.15, -0.1) is 0 Å². The molecular weight excluding hydrogens is 322 g/mol. The first-order valence-electron chi connectivity index (χ1n) is 6.05. The highest BCUT2D eigenvalue weighted by Crippen LogP contribution is 2.42. The van der Waals surface area contributed by atoms with Crippen molar-refractivity contribution < 1.29 is 18.3 Å². The van der Waals surface area contributed by atoms with Crippen LogP contribution in [0.5, 0.6) is 5.75 Å². The number of thiazole rings is 1. The Bertz CT molecular complexity index is 703. The van der Waals surface area contributed by atoms with E-state index in [0.29, 0.717) is 28.4 Å². The van der Waals surface area contributed by atoms with Crippen LogP contribution in [0.15, 0.2) is 24.4 Å². The predicted octanol–water partition coefficient (Wildman–Crippen LogP) is 3.62. The van der Waals surface area contributed by atoms with Crippen LogP contribution in [0.1, 0.15) is 12.8 Å². The third kappa shape index (κ3) is 2.98. The topological polar surface area (TPSA) is 51.2 Å². The van der Waals surface area contributed by atoms with Gasteiger partial charge < -0.3 is 4.74 Å². The molecule has 4 nitrogen and oxygen atoms in total. The van der Waals surface area contributed by atoms with Gasteiger partial charge in [0.1, 0.15) is 10.2 Å². The Morgan fingerprint density at radius 1 is 1.43 bits per heavy atom. The number of ether oxygens (including phenoxy) is 1. The van der Waals surface area contributed by atoms with E-state index in [0.717, 1.165) is 23.5 Å². The summed E-state index contributed by atoms with van der Waals surface area (Å²) in [5.74, 6) is -2.11. The highest BCUT2D eigenvalue weighted by atomic mass is 35.5. The van der Waals surface area contributed by atoms with Gasteiger partial charge >= 0.3 is 0 Å². The minimum Gasteiger partial charge on any atom is -0.474 e. The van der Waals surface area contributed by atoms with E-state index in [1.165, 1.54) is 6.20 Å². The summed E-state index contributed by atoms with van der Waals surface area (Å²) in [5.41, 5.74) is -1.13. The molecule has 1 fully saturated rings. The number of hydrogen-bond acceptors (Lipinski definition) is 4. The third-order valence-corrected chi connectivity index (χ3v) is 4.05. The normalized spacial score (nSPS) is 15.6. The van der Waals surface area contributed by atoms with Crippen LogP contribution in [0.2, 0.25) is 4.34 Å². The van der Waals surface area contributed by atoms with Crippen molar-refractivity contribution in [1.82, 2.24) is 4.98 Å². The number of aromatic nitrogens is 1. The van der Waals surface area contributed by atoms with Gasteiger partial charge in [-0.2, -0.15) is 0 Å². The molecule has 0 spiro atoms. The molecule has 8 heteroatoms. The minimum atomic E-state index is -1.13. The smallest absolute Gasteiger partial charge is 0.270 e. The number of rotatable bonds is 4. The van der Waals surface area contributed by atoms with E-state index in [2.05, 4.69) is 10.3 Å². The zero-order chi connectivity index (χ0) is 15.0. The number of nitrogens with zero attached hydrogens (tertiary/aromatic N) is 1. The number of hydrogen-bond donors (Lipinski definition) is 1. The Hall–Kier alpha value is -1.73. The SMILES string of the molecule is O=C(Nc1ncc(Cl)s1)C1(Oc2ccc(F)cc2F)CC1.